The number of alkyl halides is 3. The number of aryl methyl sites for hydroxylation is 1. The molecule has 0 atom stereocenters. The summed E-state index contributed by atoms with van der Waals surface area (Å²) in [6.07, 6.45) is -4.30. The van der Waals surface area contributed by atoms with Crippen molar-refractivity contribution >= 4 is 0 Å². The molecule has 0 saturated carbocycles. The zero-order valence-electron chi connectivity index (χ0n) is 10.3. The zero-order chi connectivity index (χ0) is 13.9. The first-order chi connectivity index (χ1) is 8.97. The highest BCUT2D eigenvalue weighted by atomic mass is 19.4. The van der Waals surface area contributed by atoms with E-state index in [1.54, 1.807) is 0 Å². The number of hydrogen-bond donors (Lipinski definition) is 0. The molecule has 0 bridgehead atoms. The molecule has 0 amide bonds. The van der Waals surface area contributed by atoms with Gasteiger partial charge < -0.3 is 0 Å². The maximum Gasteiger partial charge on any atom is 0.416 e. The average Bonchev–Trinajstić information content (AvgIpc) is 2.37. The Balaban J connectivity index is 2.24. The molecule has 3 heteroatoms. The summed E-state index contributed by atoms with van der Waals surface area (Å²) in [5, 5.41) is 0. The minimum Gasteiger partial charge on any atom is -0.166 e. The quantitative estimate of drug-likeness (QED) is 0.615. The Labute approximate surface area is 109 Å². The average molecular weight is 260 g/mol. The summed E-state index contributed by atoms with van der Waals surface area (Å²) in [6.45, 7) is 1.94. The van der Waals surface area contributed by atoms with E-state index in [9.17, 15) is 13.2 Å². The SMILES string of the molecule is Cc1ccccc1C#Cc1ccc(C(F)(F)F)cc1. The van der Waals surface area contributed by atoms with Crippen LogP contribution in [0.4, 0.5) is 13.2 Å². The van der Waals surface area contributed by atoms with Crippen LogP contribution in [0, 0.1) is 18.8 Å². The third-order valence-corrected chi connectivity index (χ3v) is 2.70. The van der Waals surface area contributed by atoms with E-state index in [4.69, 9.17) is 0 Å². The van der Waals surface area contributed by atoms with Crippen molar-refractivity contribution in [1.29, 1.82) is 0 Å². The highest BCUT2D eigenvalue weighted by Gasteiger charge is 2.29. The second-order valence-corrected chi connectivity index (χ2v) is 4.14. The molecule has 2 aromatic rings. The monoisotopic (exact) mass is 260 g/mol. The Kier molecular flexibility index (Phi) is 3.62. The molecule has 96 valence electrons. The van der Waals surface area contributed by atoms with Crippen LogP contribution in [0.1, 0.15) is 22.3 Å². The lowest BCUT2D eigenvalue weighted by molar-refractivity contribution is -0.137. The molecule has 0 aliphatic heterocycles. The van der Waals surface area contributed by atoms with Crippen LogP contribution >= 0.6 is 0 Å². The van der Waals surface area contributed by atoms with E-state index in [2.05, 4.69) is 11.8 Å². The van der Waals surface area contributed by atoms with Gasteiger partial charge in [-0.2, -0.15) is 13.2 Å². The van der Waals surface area contributed by atoms with Gasteiger partial charge in [0.05, 0.1) is 5.56 Å². The van der Waals surface area contributed by atoms with Gasteiger partial charge in [0.2, 0.25) is 0 Å². The van der Waals surface area contributed by atoms with Gasteiger partial charge >= 0.3 is 6.18 Å². The van der Waals surface area contributed by atoms with Gasteiger partial charge in [0, 0.05) is 11.1 Å². The van der Waals surface area contributed by atoms with E-state index in [0.29, 0.717) is 5.56 Å². The Bertz CT molecular complexity index is 626. The van der Waals surface area contributed by atoms with Crippen molar-refractivity contribution in [3.05, 3.63) is 70.8 Å². The van der Waals surface area contributed by atoms with E-state index in [-0.39, 0.29) is 0 Å². The van der Waals surface area contributed by atoms with Crippen LogP contribution in [0.2, 0.25) is 0 Å². The molecule has 0 radical (unpaired) electrons. The van der Waals surface area contributed by atoms with Gasteiger partial charge in [-0.15, -0.1) is 0 Å². The van der Waals surface area contributed by atoms with Gasteiger partial charge in [0.25, 0.3) is 0 Å². The van der Waals surface area contributed by atoms with Crippen LogP contribution in [0.3, 0.4) is 0 Å². The molecule has 0 aliphatic carbocycles. The minimum atomic E-state index is -4.30. The van der Waals surface area contributed by atoms with Gasteiger partial charge in [-0.05, 0) is 42.8 Å². The summed E-state index contributed by atoms with van der Waals surface area (Å²) < 4.78 is 37.2. The van der Waals surface area contributed by atoms with Gasteiger partial charge in [-0.3, -0.25) is 0 Å². The van der Waals surface area contributed by atoms with Crippen molar-refractivity contribution in [2.45, 2.75) is 13.1 Å². The predicted molar refractivity (Wildman–Crippen MR) is 68.6 cm³/mol. The lowest BCUT2D eigenvalue weighted by atomic mass is 10.1. The Morgan fingerprint density at radius 3 is 2.05 bits per heavy atom. The number of benzene rings is 2. The van der Waals surface area contributed by atoms with E-state index in [1.165, 1.54) is 12.1 Å². The minimum absolute atomic E-state index is 0.566. The molecule has 2 rings (SSSR count). The number of hydrogen-bond acceptors (Lipinski definition) is 0. The molecule has 0 aromatic heterocycles. The first-order valence-corrected chi connectivity index (χ1v) is 5.72. The molecule has 0 spiro atoms. The van der Waals surface area contributed by atoms with Crippen molar-refractivity contribution in [2.75, 3.05) is 0 Å². The standard InChI is InChI=1S/C16H11F3/c1-12-4-2-3-5-14(12)9-6-13-7-10-15(11-8-13)16(17,18)19/h2-5,7-8,10-11H,1H3. The lowest BCUT2D eigenvalue weighted by Gasteiger charge is -2.05. The maximum atomic E-state index is 12.4. The topological polar surface area (TPSA) is 0 Å². The predicted octanol–water partition coefficient (Wildman–Crippen LogP) is 4.41. The smallest absolute Gasteiger partial charge is 0.166 e. The number of rotatable bonds is 0. The highest BCUT2D eigenvalue weighted by Crippen LogP contribution is 2.28. The Morgan fingerprint density at radius 2 is 1.47 bits per heavy atom. The van der Waals surface area contributed by atoms with E-state index >= 15 is 0 Å². The maximum absolute atomic E-state index is 12.4. The number of halogens is 3. The summed E-state index contributed by atoms with van der Waals surface area (Å²) in [5.74, 6) is 5.82. The molecule has 0 N–H and O–H groups in total. The molecule has 2 aromatic carbocycles. The van der Waals surface area contributed by atoms with Crippen LogP contribution in [-0.2, 0) is 6.18 Å². The molecule has 0 fully saturated rings. The molecule has 0 unspecified atom stereocenters. The summed E-state index contributed by atoms with van der Waals surface area (Å²) in [5.41, 5.74) is 1.83. The lowest BCUT2D eigenvalue weighted by Crippen LogP contribution is -2.04. The van der Waals surface area contributed by atoms with E-state index in [0.717, 1.165) is 23.3 Å². The second kappa shape index (κ2) is 5.19. The largest absolute Gasteiger partial charge is 0.416 e. The van der Waals surface area contributed by atoms with Crippen molar-refractivity contribution < 1.29 is 13.2 Å². The van der Waals surface area contributed by atoms with E-state index in [1.807, 2.05) is 31.2 Å². The first-order valence-electron chi connectivity index (χ1n) is 5.72. The van der Waals surface area contributed by atoms with Gasteiger partial charge in [0.15, 0.2) is 0 Å². The summed E-state index contributed by atoms with van der Waals surface area (Å²) in [7, 11) is 0. The summed E-state index contributed by atoms with van der Waals surface area (Å²) >= 11 is 0. The fourth-order valence-corrected chi connectivity index (χ4v) is 1.60. The molecule has 0 saturated heterocycles. The van der Waals surface area contributed by atoms with Crippen LogP contribution in [0.15, 0.2) is 48.5 Å². The molecule has 0 nitrogen and oxygen atoms in total. The second-order valence-electron chi connectivity index (χ2n) is 4.14. The molecular formula is C16H11F3. The normalized spacial score (nSPS) is 10.7. The molecule has 19 heavy (non-hydrogen) atoms. The fraction of sp³-hybridized carbons (Fsp3) is 0.125. The molecule has 0 aliphatic rings. The van der Waals surface area contributed by atoms with Gasteiger partial charge in [-0.1, -0.05) is 30.0 Å². The van der Waals surface area contributed by atoms with Crippen molar-refractivity contribution in [1.82, 2.24) is 0 Å². The molecular weight excluding hydrogens is 249 g/mol. The fourth-order valence-electron chi connectivity index (χ4n) is 1.60. The summed E-state index contributed by atoms with van der Waals surface area (Å²) in [4.78, 5) is 0. The molecule has 0 heterocycles. The zero-order valence-corrected chi connectivity index (χ0v) is 10.3. The highest BCUT2D eigenvalue weighted by molar-refractivity contribution is 5.46. The van der Waals surface area contributed by atoms with Crippen molar-refractivity contribution in [2.24, 2.45) is 0 Å². The van der Waals surface area contributed by atoms with Crippen LogP contribution < -0.4 is 0 Å². The third-order valence-electron chi connectivity index (χ3n) is 2.70. The Morgan fingerprint density at radius 1 is 0.842 bits per heavy atom. The first kappa shape index (κ1) is 13.2. The van der Waals surface area contributed by atoms with Gasteiger partial charge in [0.1, 0.15) is 0 Å². The van der Waals surface area contributed by atoms with Crippen LogP contribution in [-0.4, -0.2) is 0 Å². The summed E-state index contributed by atoms with van der Waals surface area (Å²) in [6, 6.07) is 12.5. The third kappa shape index (κ3) is 3.38. The Hall–Kier alpha value is -2.21. The van der Waals surface area contributed by atoms with Crippen LogP contribution in [0.5, 0.6) is 0 Å². The van der Waals surface area contributed by atoms with E-state index < -0.39 is 11.7 Å². The van der Waals surface area contributed by atoms with Crippen molar-refractivity contribution in [3.63, 3.8) is 0 Å². The van der Waals surface area contributed by atoms with Crippen LogP contribution in [0.25, 0.3) is 0 Å². The van der Waals surface area contributed by atoms with Gasteiger partial charge in [-0.25, -0.2) is 0 Å². The van der Waals surface area contributed by atoms with Crippen molar-refractivity contribution in [3.8, 4) is 11.8 Å².